The lowest BCUT2D eigenvalue weighted by Crippen LogP contribution is -2.12. The average Bonchev–Trinajstić information content (AvgIpc) is 2.61. The number of nitrogens with zero attached hydrogens (tertiary/aromatic N) is 2. The number of ether oxygens (including phenoxy) is 1. The molecule has 0 saturated heterocycles. The van der Waals surface area contributed by atoms with Gasteiger partial charge in [-0.1, -0.05) is 0 Å². The predicted molar refractivity (Wildman–Crippen MR) is 77.8 cm³/mol. The van der Waals surface area contributed by atoms with Crippen LogP contribution >= 0.6 is 15.9 Å². The standard InChI is InChI=1S/C12H13BrFN3O3S/c1-7-12(13)10(17(2)16-7)6-20-11-4-3-8(5-9(11)14)21(15,18)19/h3-5H,6H2,1-2H3,(H2,15,18,19). The van der Waals surface area contributed by atoms with Gasteiger partial charge in [-0.3, -0.25) is 4.68 Å². The molecule has 0 radical (unpaired) electrons. The van der Waals surface area contributed by atoms with E-state index in [9.17, 15) is 12.8 Å². The summed E-state index contributed by atoms with van der Waals surface area (Å²) in [5.41, 5.74) is 1.53. The van der Waals surface area contributed by atoms with E-state index in [1.165, 1.54) is 12.1 Å². The van der Waals surface area contributed by atoms with Crippen molar-refractivity contribution in [3.8, 4) is 5.75 Å². The Balaban J connectivity index is 2.21. The van der Waals surface area contributed by atoms with E-state index in [-0.39, 0.29) is 17.3 Å². The van der Waals surface area contributed by atoms with Crippen molar-refractivity contribution in [1.82, 2.24) is 9.78 Å². The number of hydrogen-bond donors (Lipinski definition) is 1. The number of hydrogen-bond acceptors (Lipinski definition) is 4. The maximum absolute atomic E-state index is 13.8. The molecule has 1 aromatic carbocycles. The first kappa shape index (κ1) is 15.9. The minimum atomic E-state index is -3.94. The van der Waals surface area contributed by atoms with Crippen LogP contribution in [0.3, 0.4) is 0 Å². The second-order valence-corrected chi connectivity index (χ2v) is 6.75. The summed E-state index contributed by atoms with van der Waals surface area (Å²) in [5.74, 6) is -0.857. The van der Waals surface area contributed by atoms with Crippen LogP contribution in [-0.2, 0) is 23.7 Å². The van der Waals surface area contributed by atoms with Crippen LogP contribution in [0.1, 0.15) is 11.4 Å². The van der Waals surface area contributed by atoms with E-state index in [1.807, 2.05) is 6.92 Å². The lowest BCUT2D eigenvalue weighted by molar-refractivity contribution is 0.279. The fourth-order valence-electron chi connectivity index (χ4n) is 1.76. The van der Waals surface area contributed by atoms with Crippen LogP contribution in [0.15, 0.2) is 27.6 Å². The average molecular weight is 378 g/mol. The molecule has 2 aromatic rings. The fourth-order valence-corrected chi connectivity index (χ4v) is 2.73. The number of halogens is 2. The van der Waals surface area contributed by atoms with Crippen LogP contribution in [0.2, 0.25) is 0 Å². The molecule has 21 heavy (non-hydrogen) atoms. The molecule has 0 spiro atoms. The quantitative estimate of drug-likeness (QED) is 0.880. The van der Waals surface area contributed by atoms with Gasteiger partial charge in [0.05, 0.1) is 20.8 Å². The van der Waals surface area contributed by atoms with E-state index >= 15 is 0 Å². The SMILES string of the molecule is Cc1nn(C)c(COc2ccc(S(N)(=O)=O)cc2F)c1Br. The number of sulfonamides is 1. The predicted octanol–water partition coefficient (Wildman–Crippen LogP) is 1.86. The minimum Gasteiger partial charge on any atom is -0.484 e. The van der Waals surface area contributed by atoms with Crippen LogP contribution in [0.5, 0.6) is 5.75 Å². The lowest BCUT2D eigenvalue weighted by atomic mass is 10.3. The van der Waals surface area contributed by atoms with Crippen LogP contribution < -0.4 is 9.88 Å². The summed E-state index contributed by atoms with van der Waals surface area (Å²) < 4.78 is 43.8. The first-order valence-corrected chi connectivity index (χ1v) is 8.17. The molecule has 0 aliphatic heterocycles. The highest BCUT2D eigenvalue weighted by molar-refractivity contribution is 9.10. The third-order valence-electron chi connectivity index (χ3n) is 2.86. The van der Waals surface area contributed by atoms with Gasteiger partial charge in [0.1, 0.15) is 6.61 Å². The molecule has 2 N–H and O–H groups in total. The zero-order valence-electron chi connectivity index (χ0n) is 11.3. The summed E-state index contributed by atoms with van der Waals surface area (Å²) >= 11 is 3.38. The maximum atomic E-state index is 13.8. The summed E-state index contributed by atoms with van der Waals surface area (Å²) in [4.78, 5) is -0.301. The highest BCUT2D eigenvalue weighted by Crippen LogP contribution is 2.24. The Labute approximate surface area is 129 Å². The molecule has 0 saturated carbocycles. The normalized spacial score (nSPS) is 11.7. The molecule has 0 fully saturated rings. The van der Waals surface area contributed by atoms with E-state index in [0.717, 1.165) is 21.9 Å². The summed E-state index contributed by atoms with van der Waals surface area (Å²) in [5, 5.41) is 9.12. The van der Waals surface area contributed by atoms with E-state index in [0.29, 0.717) is 0 Å². The van der Waals surface area contributed by atoms with Gasteiger partial charge >= 0.3 is 0 Å². The second-order valence-electron chi connectivity index (χ2n) is 4.40. The van der Waals surface area contributed by atoms with E-state index in [2.05, 4.69) is 21.0 Å². The van der Waals surface area contributed by atoms with Crippen molar-refractivity contribution in [3.63, 3.8) is 0 Å². The van der Waals surface area contributed by atoms with Crippen molar-refractivity contribution in [2.45, 2.75) is 18.4 Å². The van der Waals surface area contributed by atoms with Gasteiger partial charge in [0, 0.05) is 7.05 Å². The number of nitrogens with two attached hydrogens (primary N) is 1. The number of aryl methyl sites for hydroxylation is 2. The van der Waals surface area contributed by atoms with Gasteiger partial charge in [0.15, 0.2) is 11.6 Å². The third-order valence-corrected chi connectivity index (χ3v) is 4.80. The Morgan fingerprint density at radius 3 is 2.62 bits per heavy atom. The largest absolute Gasteiger partial charge is 0.484 e. The molecule has 0 bridgehead atoms. The van der Waals surface area contributed by atoms with Gasteiger partial charge in [0.25, 0.3) is 0 Å². The molecule has 0 unspecified atom stereocenters. The Bertz CT molecular complexity index is 789. The second kappa shape index (κ2) is 5.74. The maximum Gasteiger partial charge on any atom is 0.238 e. The first-order chi connectivity index (χ1) is 9.70. The van der Waals surface area contributed by atoms with Crippen LogP contribution in [0, 0.1) is 12.7 Å². The van der Waals surface area contributed by atoms with Crippen LogP contribution in [0.4, 0.5) is 4.39 Å². The van der Waals surface area contributed by atoms with Crippen molar-refractivity contribution < 1.29 is 17.5 Å². The van der Waals surface area contributed by atoms with Gasteiger partial charge in [0.2, 0.25) is 10.0 Å². The highest BCUT2D eigenvalue weighted by Gasteiger charge is 2.15. The van der Waals surface area contributed by atoms with Gasteiger partial charge in [-0.25, -0.2) is 17.9 Å². The van der Waals surface area contributed by atoms with E-state index in [4.69, 9.17) is 9.88 Å². The fraction of sp³-hybridized carbons (Fsp3) is 0.250. The molecule has 114 valence electrons. The summed E-state index contributed by atoms with van der Waals surface area (Å²) in [6.45, 7) is 1.92. The Kier molecular flexibility index (Phi) is 4.35. The summed E-state index contributed by atoms with van der Waals surface area (Å²) in [6, 6.07) is 3.25. The first-order valence-electron chi connectivity index (χ1n) is 5.83. The van der Waals surface area contributed by atoms with Gasteiger partial charge in [-0.2, -0.15) is 5.10 Å². The molecule has 0 atom stereocenters. The molecular weight excluding hydrogens is 365 g/mol. The molecule has 9 heteroatoms. The van der Waals surface area contributed by atoms with Crippen molar-refractivity contribution in [1.29, 1.82) is 0 Å². The van der Waals surface area contributed by atoms with Crippen LogP contribution in [0.25, 0.3) is 0 Å². The number of primary sulfonamides is 1. The molecule has 0 aliphatic rings. The molecule has 1 heterocycles. The molecule has 6 nitrogen and oxygen atoms in total. The topological polar surface area (TPSA) is 87.2 Å². The third kappa shape index (κ3) is 3.42. The monoisotopic (exact) mass is 377 g/mol. The minimum absolute atomic E-state index is 0.0619. The van der Waals surface area contributed by atoms with E-state index < -0.39 is 15.8 Å². The number of aromatic nitrogens is 2. The Morgan fingerprint density at radius 2 is 2.14 bits per heavy atom. The lowest BCUT2D eigenvalue weighted by Gasteiger charge is -2.09. The number of rotatable bonds is 4. The summed E-state index contributed by atoms with van der Waals surface area (Å²) in [7, 11) is -2.19. The van der Waals surface area contributed by atoms with Crippen molar-refractivity contribution >= 4 is 26.0 Å². The Hall–Kier alpha value is -1.45. The smallest absolute Gasteiger partial charge is 0.238 e. The number of benzene rings is 1. The zero-order chi connectivity index (χ0) is 15.8. The molecule has 0 amide bonds. The summed E-state index contributed by atoms with van der Waals surface area (Å²) in [6.07, 6.45) is 0. The van der Waals surface area contributed by atoms with Gasteiger partial charge in [-0.15, -0.1) is 0 Å². The van der Waals surface area contributed by atoms with Crippen LogP contribution in [-0.4, -0.2) is 18.2 Å². The van der Waals surface area contributed by atoms with Crippen molar-refractivity contribution in [3.05, 3.63) is 39.9 Å². The molecule has 0 aliphatic carbocycles. The van der Waals surface area contributed by atoms with Gasteiger partial charge < -0.3 is 4.74 Å². The van der Waals surface area contributed by atoms with Gasteiger partial charge in [-0.05, 0) is 41.1 Å². The highest BCUT2D eigenvalue weighted by atomic mass is 79.9. The molecule has 2 rings (SSSR count). The Morgan fingerprint density at radius 1 is 1.48 bits per heavy atom. The van der Waals surface area contributed by atoms with E-state index in [1.54, 1.807) is 11.7 Å². The van der Waals surface area contributed by atoms with Crippen molar-refractivity contribution in [2.24, 2.45) is 12.2 Å². The molecule has 1 aromatic heterocycles. The zero-order valence-corrected chi connectivity index (χ0v) is 13.7. The molecular formula is C12H13BrFN3O3S. The van der Waals surface area contributed by atoms with Crippen molar-refractivity contribution in [2.75, 3.05) is 0 Å².